The summed E-state index contributed by atoms with van der Waals surface area (Å²) in [6, 6.07) is 13.3. The zero-order valence-corrected chi connectivity index (χ0v) is 18.6. The van der Waals surface area contributed by atoms with Crippen molar-refractivity contribution in [1.82, 2.24) is 20.3 Å². The van der Waals surface area contributed by atoms with E-state index in [0.717, 1.165) is 42.8 Å². The van der Waals surface area contributed by atoms with Crippen molar-refractivity contribution in [2.75, 3.05) is 25.0 Å². The average Bonchev–Trinajstić information content (AvgIpc) is 2.88. The SMILES string of the molecule is C.CNC(=O)c1ccc(-c2nccnc2C2CCN(c3ccc4cccc(F)c4n3)CC2)cc1F. The molecular formula is C27H27F2N5O. The molecule has 1 amide bonds. The number of hydrogen-bond acceptors (Lipinski definition) is 5. The number of rotatable bonds is 4. The van der Waals surface area contributed by atoms with Gasteiger partial charge in [0.15, 0.2) is 0 Å². The van der Waals surface area contributed by atoms with Gasteiger partial charge in [-0.15, -0.1) is 0 Å². The Labute approximate surface area is 203 Å². The van der Waals surface area contributed by atoms with Crippen LogP contribution in [0.1, 0.15) is 42.2 Å². The van der Waals surface area contributed by atoms with E-state index in [2.05, 4.69) is 25.2 Å². The lowest BCUT2D eigenvalue weighted by molar-refractivity contribution is 0.0959. The summed E-state index contributed by atoms with van der Waals surface area (Å²) in [5.74, 6) is -0.509. The smallest absolute Gasteiger partial charge is 0.253 e. The van der Waals surface area contributed by atoms with Crippen LogP contribution in [-0.4, -0.2) is 41.0 Å². The molecule has 1 saturated heterocycles. The maximum atomic E-state index is 14.6. The van der Waals surface area contributed by atoms with Crippen LogP contribution in [0.15, 0.2) is 60.9 Å². The normalized spacial score (nSPS) is 14.0. The molecule has 0 aliphatic carbocycles. The van der Waals surface area contributed by atoms with E-state index in [1.807, 2.05) is 18.2 Å². The van der Waals surface area contributed by atoms with E-state index >= 15 is 0 Å². The Morgan fingerprint density at radius 1 is 1.00 bits per heavy atom. The minimum Gasteiger partial charge on any atom is -0.357 e. The molecule has 2 aromatic heterocycles. The van der Waals surface area contributed by atoms with E-state index in [1.165, 1.54) is 25.2 Å². The van der Waals surface area contributed by atoms with Crippen LogP contribution in [0.25, 0.3) is 22.2 Å². The number of hydrogen-bond donors (Lipinski definition) is 1. The monoisotopic (exact) mass is 475 g/mol. The molecule has 1 aliphatic heterocycles. The fourth-order valence-electron chi connectivity index (χ4n) is 4.51. The molecule has 0 unspecified atom stereocenters. The van der Waals surface area contributed by atoms with Crippen LogP contribution in [0.3, 0.4) is 0 Å². The maximum Gasteiger partial charge on any atom is 0.253 e. The van der Waals surface area contributed by atoms with Crippen molar-refractivity contribution >= 4 is 22.6 Å². The molecule has 2 aromatic carbocycles. The summed E-state index contributed by atoms with van der Waals surface area (Å²) in [7, 11) is 1.47. The second-order valence-corrected chi connectivity index (χ2v) is 8.31. The van der Waals surface area contributed by atoms with Gasteiger partial charge in [-0.05, 0) is 43.2 Å². The molecule has 1 aliphatic rings. The quantitative estimate of drug-likeness (QED) is 0.431. The first-order chi connectivity index (χ1) is 16.5. The highest BCUT2D eigenvalue weighted by Gasteiger charge is 2.26. The van der Waals surface area contributed by atoms with Crippen LogP contribution < -0.4 is 10.2 Å². The number of carbonyl (C=O) groups excluding carboxylic acids is 1. The van der Waals surface area contributed by atoms with Crippen LogP contribution in [0, 0.1) is 11.6 Å². The Kier molecular flexibility index (Phi) is 7.00. The number of nitrogens with zero attached hydrogens (tertiary/aromatic N) is 4. The summed E-state index contributed by atoms with van der Waals surface area (Å²) in [5, 5.41) is 3.21. The van der Waals surface area contributed by atoms with Crippen LogP contribution >= 0.6 is 0 Å². The molecule has 0 saturated carbocycles. The highest BCUT2D eigenvalue weighted by atomic mass is 19.1. The standard InChI is InChI=1S/C26H23F2N5O.CH4/c1-29-26(34)19-7-5-18(15-21(19)28)25-24(30-11-12-31-25)17-9-13-33(14-10-17)22-8-6-16-3-2-4-20(27)23(16)32-22;/h2-8,11-12,15,17H,9-10,13-14H2,1H3,(H,29,34);1H4. The maximum absolute atomic E-state index is 14.6. The van der Waals surface area contributed by atoms with Gasteiger partial charge in [-0.2, -0.15) is 0 Å². The van der Waals surface area contributed by atoms with E-state index in [0.29, 0.717) is 16.8 Å². The van der Waals surface area contributed by atoms with E-state index in [9.17, 15) is 13.6 Å². The number of anilines is 1. The molecule has 6 nitrogen and oxygen atoms in total. The van der Waals surface area contributed by atoms with Gasteiger partial charge in [-0.25, -0.2) is 13.8 Å². The third-order valence-electron chi connectivity index (χ3n) is 6.30. The van der Waals surface area contributed by atoms with Gasteiger partial charge in [0.2, 0.25) is 0 Å². The van der Waals surface area contributed by atoms with Gasteiger partial charge < -0.3 is 10.2 Å². The number of fused-ring (bicyclic) bond motifs is 1. The Morgan fingerprint density at radius 2 is 1.77 bits per heavy atom. The number of amides is 1. The minimum absolute atomic E-state index is 0. The third-order valence-corrected chi connectivity index (χ3v) is 6.30. The molecule has 0 bridgehead atoms. The Hall–Kier alpha value is -3.94. The number of piperidine rings is 1. The molecule has 8 heteroatoms. The highest BCUT2D eigenvalue weighted by molar-refractivity contribution is 5.94. The second kappa shape index (κ2) is 10.1. The van der Waals surface area contributed by atoms with Gasteiger partial charge in [-0.3, -0.25) is 14.8 Å². The molecule has 5 rings (SSSR count). The van der Waals surface area contributed by atoms with Crippen LogP contribution in [0.5, 0.6) is 0 Å². The largest absolute Gasteiger partial charge is 0.357 e. The van der Waals surface area contributed by atoms with Crippen molar-refractivity contribution in [3.8, 4) is 11.3 Å². The van der Waals surface area contributed by atoms with E-state index in [1.54, 1.807) is 24.5 Å². The predicted octanol–water partition coefficient (Wildman–Crippen LogP) is 5.35. The number of benzene rings is 2. The molecule has 1 N–H and O–H groups in total. The summed E-state index contributed by atoms with van der Waals surface area (Å²) < 4.78 is 28.8. The number of pyridine rings is 1. The topological polar surface area (TPSA) is 71.0 Å². The fraction of sp³-hybridized carbons (Fsp3) is 0.259. The molecule has 35 heavy (non-hydrogen) atoms. The van der Waals surface area contributed by atoms with E-state index < -0.39 is 11.7 Å². The second-order valence-electron chi connectivity index (χ2n) is 8.31. The van der Waals surface area contributed by atoms with Crippen molar-refractivity contribution in [2.45, 2.75) is 26.2 Å². The number of halogens is 2. The third kappa shape index (κ3) is 4.69. The van der Waals surface area contributed by atoms with Gasteiger partial charge in [0.05, 0.1) is 17.0 Å². The van der Waals surface area contributed by atoms with Crippen LogP contribution in [0.4, 0.5) is 14.6 Å². The van der Waals surface area contributed by atoms with E-state index in [-0.39, 0.29) is 24.7 Å². The van der Waals surface area contributed by atoms with Crippen molar-refractivity contribution in [1.29, 1.82) is 0 Å². The minimum atomic E-state index is -0.599. The van der Waals surface area contributed by atoms with Crippen molar-refractivity contribution in [3.63, 3.8) is 0 Å². The molecule has 1 fully saturated rings. The van der Waals surface area contributed by atoms with E-state index in [4.69, 9.17) is 0 Å². The highest BCUT2D eigenvalue weighted by Crippen LogP contribution is 2.34. The summed E-state index contributed by atoms with van der Waals surface area (Å²) >= 11 is 0. The van der Waals surface area contributed by atoms with Gasteiger partial charge in [0, 0.05) is 49.4 Å². The Bertz CT molecular complexity index is 1370. The lowest BCUT2D eigenvalue weighted by atomic mass is 9.90. The van der Waals surface area contributed by atoms with Crippen molar-refractivity contribution < 1.29 is 13.6 Å². The first-order valence-electron chi connectivity index (χ1n) is 11.2. The molecule has 180 valence electrons. The zero-order valence-electron chi connectivity index (χ0n) is 18.6. The van der Waals surface area contributed by atoms with Gasteiger partial charge >= 0.3 is 0 Å². The Balaban J connectivity index is 0.00000289. The summed E-state index contributed by atoms with van der Waals surface area (Å²) in [6.07, 6.45) is 4.85. The van der Waals surface area contributed by atoms with Crippen LogP contribution in [0.2, 0.25) is 0 Å². The zero-order chi connectivity index (χ0) is 23.7. The molecule has 0 atom stereocenters. The fourth-order valence-corrected chi connectivity index (χ4v) is 4.51. The molecule has 0 radical (unpaired) electrons. The Morgan fingerprint density at radius 3 is 2.51 bits per heavy atom. The van der Waals surface area contributed by atoms with Crippen LogP contribution in [-0.2, 0) is 0 Å². The average molecular weight is 476 g/mol. The summed E-state index contributed by atoms with van der Waals surface area (Å²) in [4.78, 5) is 27.6. The van der Waals surface area contributed by atoms with Gasteiger partial charge in [-0.1, -0.05) is 25.6 Å². The molecule has 4 aromatic rings. The predicted molar refractivity (Wildman–Crippen MR) is 133 cm³/mol. The number of para-hydroxylation sites is 1. The van der Waals surface area contributed by atoms with Gasteiger partial charge in [0.25, 0.3) is 5.91 Å². The summed E-state index contributed by atoms with van der Waals surface area (Å²) in [5.41, 5.74) is 2.38. The molecule has 3 heterocycles. The lowest BCUT2D eigenvalue weighted by Crippen LogP contribution is -2.34. The first kappa shape index (κ1) is 24.2. The van der Waals surface area contributed by atoms with Gasteiger partial charge in [0.1, 0.15) is 23.0 Å². The first-order valence-corrected chi connectivity index (χ1v) is 11.2. The molecular weight excluding hydrogens is 448 g/mol. The summed E-state index contributed by atoms with van der Waals surface area (Å²) in [6.45, 7) is 1.47. The van der Waals surface area contributed by atoms with Crippen molar-refractivity contribution in [3.05, 3.63) is 83.8 Å². The number of aromatic nitrogens is 3. The molecule has 0 spiro atoms. The number of nitrogens with one attached hydrogen (secondary N) is 1. The number of carbonyl (C=O) groups is 1. The lowest BCUT2D eigenvalue weighted by Gasteiger charge is -2.33. The van der Waals surface area contributed by atoms with Crippen molar-refractivity contribution in [2.24, 2.45) is 0 Å².